The first-order valence-corrected chi connectivity index (χ1v) is 9.12. The highest BCUT2D eigenvalue weighted by atomic mass is 32.2. The lowest BCUT2D eigenvalue weighted by atomic mass is 10.1. The van der Waals surface area contributed by atoms with Gasteiger partial charge < -0.3 is 5.73 Å². The number of benzene rings is 1. The van der Waals surface area contributed by atoms with E-state index in [1.54, 1.807) is 22.5 Å². The van der Waals surface area contributed by atoms with Gasteiger partial charge in [0.2, 0.25) is 10.0 Å². The summed E-state index contributed by atoms with van der Waals surface area (Å²) in [5, 5.41) is 0. The number of rotatable bonds is 8. The van der Waals surface area contributed by atoms with Gasteiger partial charge in [-0.15, -0.1) is 0 Å². The van der Waals surface area contributed by atoms with Gasteiger partial charge in [-0.3, -0.25) is 0 Å². The van der Waals surface area contributed by atoms with Crippen molar-refractivity contribution in [3.63, 3.8) is 0 Å². The highest BCUT2D eigenvalue weighted by Crippen LogP contribution is 2.25. The van der Waals surface area contributed by atoms with Gasteiger partial charge in [0, 0.05) is 19.1 Å². The zero-order valence-electron chi connectivity index (χ0n) is 13.5. The Morgan fingerprint density at radius 2 is 1.71 bits per heavy atom. The molecule has 0 fully saturated rings. The average molecular weight is 312 g/mol. The van der Waals surface area contributed by atoms with Crippen LogP contribution in [-0.4, -0.2) is 25.3 Å². The Hall–Kier alpha value is -0.910. The van der Waals surface area contributed by atoms with Gasteiger partial charge in [-0.2, -0.15) is 4.31 Å². The van der Waals surface area contributed by atoms with Crippen molar-refractivity contribution in [1.82, 2.24) is 4.31 Å². The molecule has 0 aliphatic rings. The van der Waals surface area contributed by atoms with Gasteiger partial charge in [0.15, 0.2) is 0 Å². The molecule has 0 unspecified atom stereocenters. The van der Waals surface area contributed by atoms with Crippen molar-refractivity contribution in [2.75, 3.05) is 6.54 Å². The normalized spacial score (nSPS) is 12.6. The van der Waals surface area contributed by atoms with Gasteiger partial charge in [-0.1, -0.05) is 45.9 Å². The monoisotopic (exact) mass is 312 g/mol. The van der Waals surface area contributed by atoms with E-state index >= 15 is 0 Å². The molecular weight excluding hydrogens is 284 g/mol. The highest BCUT2D eigenvalue weighted by molar-refractivity contribution is 7.89. The minimum absolute atomic E-state index is 0.0308. The summed E-state index contributed by atoms with van der Waals surface area (Å²) in [4.78, 5) is 0.347. The predicted molar refractivity (Wildman–Crippen MR) is 87.4 cm³/mol. The van der Waals surface area contributed by atoms with E-state index in [1.165, 1.54) is 0 Å². The third-order valence-corrected chi connectivity index (χ3v) is 5.69. The molecule has 0 aliphatic heterocycles. The molecule has 1 aromatic carbocycles. The summed E-state index contributed by atoms with van der Waals surface area (Å²) in [5.74, 6) is 0.283. The third-order valence-electron chi connectivity index (χ3n) is 3.67. The average Bonchev–Trinajstić information content (AvgIpc) is 2.47. The molecule has 0 radical (unpaired) electrons. The van der Waals surface area contributed by atoms with Gasteiger partial charge in [0.25, 0.3) is 0 Å². The fourth-order valence-corrected chi connectivity index (χ4v) is 4.72. The van der Waals surface area contributed by atoms with Gasteiger partial charge in [0.1, 0.15) is 0 Å². The minimum atomic E-state index is -3.51. The quantitative estimate of drug-likeness (QED) is 0.802. The first-order chi connectivity index (χ1) is 9.88. The van der Waals surface area contributed by atoms with Gasteiger partial charge in [-0.05, 0) is 30.4 Å². The molecule has 1 rings (SSSR count). The van der Waals surface area contributed by atoms with E-state index in [9.17, 15) is 8.42 Å². The Bertz CT molecular complexity index is 537. The van der Waals surface area contributed by atoms with E-state index < -0.39 is 10.0 Å². The predicted octanol–water partition coefficient (Wildman–Crippen LogP) is 2.98. The van der Waals surface area contributed by atoms with Gasteiger partial charge in [0.05, 0.1) is 4.90 Å². The first-order valence-electron chi connectivity index (χ1n) is 7.68. The largest absolute Gasteiger partial charge is 0.326 e. The summed E-state index contributed by atoms with van der Waals surface area (Å²) in [6, 6.07) is 7.06. The third kappa shape index (κ3) is 4.28. The van der Waals surface area contributed by atoms with Crippen molar-refractivity contribution in [2.45, 2.75) is 58.0 Å². The SMILES string of the molecule is CCC(CC)N(CC(C)C)S(=O)(=O)c1ccccc1CN. The van der Waals surface area contributed by atoms with Crippen molar-refractivity contribution >= 4 is 10.0 Å². The van der Waals surface area contributed by atoms with E-state index in [2.05, 4.69) is 0 Å². The molecule has 5 heteroatoms. The van der Waals surface area contributed by atoms with E-state index in [-0.39, 0.29) is 18.5 Å². The maximum atomic E-state index is 13.1. The first kappa shape index (κ1) is 18.1. The summed E-state index contributed by atoms with van der Waals surface area (Å²) < 4.78 is 27.8. The maximum absolute atomic E-state index is 13.1. The van der Waals surface area contributed by atoms with Crippen molar-refractivity contribution in [3.05, 3.63) is 29.8 Å². The number of hydrogen-bond acceptors (Lipinski definition) is 3. The van der Waals surface area contributed by atoms with Gasteiger partial charge in [-0.25, -0.2) is 8.42 Å². The Labute approximate surface area is 129 Å². The molecule has 120 valence electrons. The summed E-state index contributed by atoms with van der Waals surface area (Å²) in [6.07, 6.45) is 1.63. The van der Waals surface area contributed by atoms with Crippen LogP contribution in [0.1, 0.15) is 46.1 Å². The lowest BCUT2D eigenvalue weighted by Crippen LogP contribution is -2.42. The topological polar surface area (TPSA) is 63.4 Å². The standard InChI is InChI=1S/C16H28N2O2S/c1-5-15(6-2)18(12-13(3)4)21(19,20)16-10-8-7-9-14(16)11-17/h7-10,13,15H,5-6,11-12,17H2,1-4H3. The molecule has 0 aliphatic carbocycles. The second-order valence-corrected chi connectivity index (χ2v) is 7.61. The van der Waals surface area contributed by atoms with E-state index in [0.717, 1.165) is 12.8 Å². The lowest BCUT2D eigenvalue weighted by molar-refractivity contribution is 0.276. The summed E-state index contributed by atoms with van der Waals surface area (Å²) in [7, 11) is -3.51. The lowest BCUT2D eigenvalue weighted by Gasteiger charge is -2.31. The Morgan fingerprint density at radius 1 is 1.14 bits per heavy atom. The van der Waals surface area contributed by atoms with E-state index in [1.807, 2.05) is 33.8 Å². The van der Waals surface area contributed by atoms with Crippen molar-refractivity contribution in [3.8, 4) is 0 Å². The molecule has 2 N–H and O–H groups in total. The number of nitrogens with two attached hydrogens (primary N) is 1. The molecule has 0 amide bonds. The Kier molecular flexibility index (Phi) is 6.84. The maximum Gasteiger partial charge on any atom is 0.243 e. The van der Waals surface area contributed by atoms with Crippen LogP contribution in [0.5, 0.6) is 0 Å². The van der Waals surface area contributed by atoms with E-state index in [4.69, 9.17) is 5.73 Å². The molecular formula is C16H28N2O2S. The summed E-state index contributed by atoms with van der Waals surface area (Å²) in [5.41, 5.74) is 6.38. The zero-order chi connectivity index (χ0) is 16.0. The molecule has 0 spiro atoms. The van der Waals surface area contributed by atoms with Crippen LogP contribution >= 0.6 is 0 Å². The fourth-order valence-electron chi connectivity index (χ4n) is 2.55. The fraction of sp³-hybridized carbons (Fsp3) is 0.625. The van der Waals surface area contributed by atoms with Crippen LogP contribution < -0.4 is 5.73 Å². The minimum Gasteiger partial charge on any atom is -0.326 e. The molecule has 0 saturated carbocycles. The molecule has 4 nitrogen and oxygen atoms in total. The molecule has 0 atom stereocenters. The van der Waals surface area contributed by atoms with E-state index in [0.29, 0.717) is 17.0 Å². The smallest absolute Gasteiger partial charge is 0.243 e. The Balaban J connectivity index is 3.32. The molecule has 0 saturated heterocycles. The molecule has 0 bridgehead atoms. The summed E-state index contributed by atoms with van der Waals surface area (Å²) >= 11 is 0. The van der Waals surface area contributed by atoms with Crippen LogP contribution in [0.4, 0.5) is 0 Å². The van der Waals surface area contributed by atoms with Gasteiger partial charge >= 0.3 is 0 Å². The van der Waals surface area contributed by atoms with Crippen LogP contribution in [0, 0.1) is 5.92 Å². The molecule has 0 aromatic heterocycles. The van der Waals surface area contributed by atoms with Crippen LogP contribution in [0.2, 0.25) is 0 Å². The molecule has 0 heterocycles. The number of nitrogens with zero attached hydrogens (tertiary/aromatic N) is 1. The summed E-state index contributed by atoms with van der Waals surface area (Å²) in [6.45, 7) is 8.92. The zero-order valence-corrected chi connectivity index (χ0v) is 14.4. The van der Waals surface area contributed by atoms with Crippen LogP contribution in [0.3, 0.4) is 0 Å². The number of hydrogen-bond donors (Lipinski definition) is 1. The number of sulfonamides is 1. The van der Waals surface area contributed by atoms with Crippen LogP contribution in [-0.2, 0) is 16.6 Å². The van der Waals surface area contributed by atoms with Crippen LogP contribution in [0.25, 0.3) is 0 Å². The molecule has 21 heavy (non-hydrogen) atoms. The second-order valence-electron chi connectivity index (χ2n) is 5.75. The second kappa shape index (κ2) is 7.92. The molecule has 1 aromatic rings. The Morgan fingerprint density at radius 3 is 2.19 bits per heavy atom. The van der Waals surface area contributed by atoms with Crippen molar-refractivity contribution in [1.29, 1.82) is 0 Å². The van der Waals surface area contributed by atoms with Crippen LogP contribution in [0.15, 0.2) is 29.2 Å². The van der Waals surface area contributed by atoms with Crippen molar-refractivity contribution in [2.24, 2.45) is 11.7 Å². The highest BCUT2D eigenvalue weighted by Gasteiger charge is 2.31. The van der Waals surface area contributed by atoms with Crippen molar-refractivity contribution < 1.29 is 8.42 Å².